The maximum absolute atomic E-state index is 6.37. The van der Waals surface area contributed by atoms with E-state index in [2.05, 4.69) is 46.4 Å². The van der Waals surface area contributed by atoms with Gasteiger partial charge in [-0.2, -0.15) is 0 Å². The normalized spacial score (nSPS) is 18.6. The van der Waals surface area contributed by atoms with Crippen LogP contribution in [-0.4, -0.2) is 18.1 Å². The van der Waals surface area contributed by atoms with Gasteiger partial charge in [-0.1, -0.05) is 39.0 Å². The highest BCUT2D eigenvalue weighted by Crippen LogP contribution is 2.39. The molecule has 0 amide bonds. The van der Waals surface area contributed by atoms with E-state index in [9.17, 15) is 0 Å². The van der Waals surface area contributed by atoms with Crippen molar-refractivity contribution in [1.82, 2.24) is 4.98 Å². The topological polar surface area (TPSA) is 42.2 Å². The summed E-state index contributed by atoms with van der Waals surface area (Å²) in [5.74, 6) is 0.846. The standard InChI is InChI=1S/C16H29N3S/c1-11-7-9-19(10-8-11)14-18-12(15(2,3)4)13(20-14)16(5,6)17/h11H,7-10,17H2,1-6H3. The molecule has 1 fully saturated rings. The minimum atomic E-state index is -0.318. The van der Waals surface area contributed by atoms with Gasteiger partial charge in [0.25, 0.3) is 0 Å². The number of thiazole rings is 1. The summed E-state index contributed by atoms with van der Waals surface area (Å²) in [5.41, 5.74) is 7.27. The summed E-state index contributed by atoms with van der Waals surface area (Å²) in [6.07, 6.45) is 2.54. The molecule has 1 aromatic heterocycles. The van der Waals surface area contributed by atoms with Crippen LogP contribution in [0.2, 0.25) is 0 Å². The van der Waals surface area contributed by atoms with Gasteiger partial charge in [0, 0.05) is 28.9 Å². The summed E-state index contributed by atoms with van der Waals surface area (Å²) in [5, 5.41) is 1.16. The molecule has 3 nitrogen and oxygen atoms in total. The van der Waals surface area contributed by atoms with E-state index >= 15 is 0 Å². The van der Waals surface area contributed by atoms with E-state index in [0.29, 0.717) is 0 Å². The molecule has 4 heteroatoms. The molecule has 0 saturated carbocycles. The Hall–Kier alpha value is -0.610. The highest BCUT2D eigenvalue weighted by molar-refractivity contribution is 7.15. The van der Waals surface area contributed by atoms with E-state index in [0.717, 1.165) is 24.1 Å². The Kier molecular flexibility index (Phi) is 4.18. The van der Waals surface area contributed by atoms with Crippen LogP contribution in [-0.2, 0) is 11.0 Å². The van der Waals surface area contributed by atoms with Crippen LogP contribution in [0.3, 0.4) is 0 Å². The van der Waals surface area contributed by atoms with Gasteiger partial charge < -0.3 is 10.6 Å². The van der Waals surface area contributed by atoms with Gasteiger partial charge in [-0.25, -0.2) is 4.98 Å². The second-order valence-electron chi connectivity index (χ2n) is 7.82. The molecule has 0 unspecified atom stereocenters. The van der Waals surface area contributed by atoms with Gasteiger partial charge in [-0.15, -0.1) is 0 Å². The third kappa shape index (κ3) is 3.34. The molecule has 20 heavy (non-hydrogen) atoms. The molecule has 2 N–H and O–H groups in total. The zero-order valence-electron chi connectivity index (χ0n) is 13.8. The predicted molar refractivity (Wildman–Crippen MR) is 88.6 cm³/mol. The molecule has 2 rings (SSSR count). The summed E-state index contributed by atoms with van der Waals surface area (Å²) < 4.78 is 0. The fourth-order valence-corrected chi connectivity index (χ4v) is 3.93. The van der Waals surface area contributed by atoms with Crippen molar-refractivity contribution in [3.8, 4) is 0 Å². The number of hydrogen-bond acceptors (Lipinski definition) is 4. The lowest BCUT2D eigenvalue weighted by molar-refractivity contribution is 0.437. The lowest BCUT2D eigenvalue weighted by atomic mass is 9.87. The Morgan fingerprint density at radius 3 is 2.10 bits per heavy atom. The zero-order valence-corrected chi connectivity index (χ0v) is 14.6. The van der Waals surface area contributed by atoms with Crippen molar-refractivity contribution in [3.63, 3.8) is 0 Å². The second kappa shape index (κ2) is 5.30. The van der Waals surface area contributed by atoms with Crippen molar-refractivity contribution in [1.29, 1.82) is 0 Å². The first-order valence-corrected chi connectivity index (χ1v) is 8.46. The molecule has 1 aliphatic heterocycles. The third-order valence-corrected chi connectivity index (χ3v) is 5.42. The number of hydrogen-bond donors (Lipinski definition) is 1. The van der Waals surface area contributed by atoms with Gasteiger partial charge in [0.1, 0.15) is 0 Å². The SMILES string of the molecule is CC1CCN(c2nc(C(C)(C)C)c(C(C)(C)N)s2)CC1. The molecule has 2 heterocycles. The molecule has 0 atom stereocenters. The van der Waals surface area contributed by atoms with Crippen LogP contribution in [0.4, 0.5) is 5.13 Å². The number of aromatic nitrogens is 1. The number of nitrogens with two attached hydrogens (primary N) is 1. The molecule has 114 valence electrons. The van der Waals surface area contributed by atoms with E-state index in [1.54, 1.807) is 11.3 Å². The molecule has 0 bridgehead atoms. The average molecular weight is 295 g/mol. The van der Waals surface area contributed by atoms with Crippen molar-refractivity contribution >= 4 is 16.5 Å². The molecule has 0 spiro atoms. The summed E-state index contributed by atoms with van der Waals surface area (Å²) >= 11 is 1.79. The lowest BCUT2D eigenvalue weighted by Crippen LogP contribution is -2.32. The maximum atomic E-state index is 6.37. The van der Waals surface area contributed by atoms with Crippen LogP contribution < -0.4 is 10.6 Å². The first kappa shape index (κ1) is 15.8. The van der Waals surface area contributed by atoms with Gasteiger partial charge >= 0.3 is 0 Å². The quantitative estimate of drug-likeness (QED) is 0.900. The molecular formula is C16H29N3S. The van der Waals surface area contributed by atoms with Crippen molar-refractivity contribution < 1.29 is 0 Å². The lowest BCUT2D eigenvalue weighted by Gasteiger charge is -2.30. The number of rotatable bonds is 2. The monoisotopic (exact) mass is 295 g/mol. The first-order valence-electron chi connectivity index (χ1n) is 7.64. The van der Waals surface area contributed by atoms with Gasteiger partial charge in [-0.3, -0.25) is 0 Å². The number of piperidine rings is 1. The Labute approximate surface area is 127 Å². The molecule has 0 aromatic carbocycles. The van der Waals surface area contributed by atoms with Gasteiger partial charge in [0.15, 0.2) is 5.13 Å². The van der Waals surface area contributed by atoms with Gasteiger partial charge in [-0.05, 0) is 32.6 Å². The third-order valence-electron chi connectivity index (χ3n) is 3.97. The fraction of sp³-hybridized carbons (Fsp3) is 0.812. The minimum Gasteiger partial charge on any atom is -0.348 e. The van der Waals surface area contributed by atoms with E-state index in [4.69, 9.17) is 10.7 Å². The largest absolute Gasteiger partial charge is 0.348 e. The Morgan fingerprint density at radius 2 is 1.70 bits per heavy atom. The smallest absolute Gasteiger partial charge is 0.185 e. The first-order chi connectivity index (χ1) is 9.09. The minimum absolute atomic E-state index is 0.0454. The van der Waals surface area contributed by atoms with Crippen LogP contribution in [0.1, 0.15) is 65.0 Å². The average Bonchev–Trinajstić information content (AvgIpc) is 2.74. The van der Waals surface area contributed by atoms with Crippen LogP contribution >= 0.6 is 11.3 Å². The van der Waals surface area contributed by atoms with E-state index in [-0.39, 0.29) is 11.0 Å². The Morgan fingerprint density at radius 1 is 1.15 bits per heavy atom. The highest BCUT2D eigenvalue weighted by Gasteiger charge is 2.31. The maximum Gasteiger partial charge on any atom is 0.185 e. The van der Waals surface area contributed by atoms with Gasteiger partial charge in [0.05, 0.1) is 5.69 Å². The Bertz CT molecular complexity index is 426. The molecule has 1 saturated heterocycles. The molecule has 1 aromatic rings. The van der Waals surface area contributed by atoms with E-state index < -0.39 is 0 Å². The van der Waals surface area contributed by atoms with Crippen LogP contribution in [0.25, 0.3) is 0 Å². The predicted octanol–water partition coefficient (Wildman–Crippen LogP) is 3.87. The molecular weight excluding hydrogens is 266 g/mol. The molecule has 0 aliphatic carbocycles. The summed E-state index contributed by atoms with van der Waals surface area (Å²) in [4.78, 5) is 8.64. The molecule has 0 radical (unpaired) electrons. The Balaban J connectivity index is 2.35. The van der Waals surface area contributed by atoms with Crippen molar-refractivity contribution in [3.05, 3.63) is 10.6 Å². The fourth-order valence-electron chi connectivity index (χ4n) is 2.59. The van der Waals surface area contributed by atoms with Crippen molar-refractivity contribution in [2.24, 2.45) is 11.7 Å². The van der Waals surface area contributed by atoms with Gasteiger partial charge in [0.2, 0.25) is 0 Å². The number of nitrogens with zero attached hydrogens (tertiary/aromatic N) is 2. The molecule has 1 aliphatic rings. The van der Waals surface area contributed by atoms with Crippen LogP contribution in [0, 0.1) is 5.92 Å². The van der Waals surface area contributed by atoms with E-state index in [1.807, 2.05) is 0 Å². The highest BCUT2D eigenvalue weighted by atomic mass is 32.1. The van der Waals surface area contributed by atoms with E-state index in [1.165, 1.54) is 23.4 Å². The number of anilines is 1. The summed E-state index contributed by atoms with van der Waals surface area (Å²) in [6.45, 7) is 15.4. The zero-order chi connectivity index (χ0) is 15.1. The summed E-state index contributed by atoms with van der Waals surface area (Å²) in [7, 11) is 0. The van der Waals surface area contributed by atoms with Crippen LogP contribution in [0.5, 0.6) is 0 Å². The second-order valence-corrected chi connectivity index (χ2v) is 8.79. The van der Waals surface area contributed by atoms with Crippen molar-refractivity contribution in [2.75, 3.05) is 18.0 Å². The van der Waals surface area contributed by atoms with Crippen molar-refractivity contribution in [2.45, 2.75) is 65.3 Å². The van der Waals surface area contributed by atoms with Crippen LogP contribution in [0.15, 0.2) is 0 Å². The summed E-state index contributed by atoms with van der Waals surface area (Å²) in [6, 6.07) is 0.